The average molecular weight is 329 g/mol. The molecule has 1 aliphatic rings. The number of carbonyl (C=O) groups excluding carboxylic acids is 1. The molecule has 2 aromatic rings. The number of hydrogen-bond donors (Lipinski definition) is 1. The fraction of sp³-hybridized carbons (Fsp3) is 0.389. The van der Waals surface area contributed by atoms with Crippen LogP contribution in [0.4, 0.5) is 0 Å². The predicted octanol–water partition coefficient (Wildman–Crippen LogP) is 2.47. The Hall–Kier alpha value is -1.69. The Balaban J connectivity index is 1.66. The van der Waals surface area contributed by atoms with E-state index in [1.807, 2.05) is 30.3 Å². The first-order chi connectivity index (χ1) is 11.2. The topological polar surface area (TPSA) is 35.6 Å². The Morgan fingerprint density at radius 2 is 1.91 bits per heavy atom. The van der Waals surface area contributed by atoms with E-state index in [1.54, 1.807) is 11.3 Å². The van der Waals surface area contributed by atoms with Crippen molar-refractivity contribution in [1.82, 2.24) is 15.1 Å². The molecule has 1 aromatic carbocycles. The molecule has 0 unspecified atom stereocenters. The van der Waals surface area contributed by atoms with E-state index in [0.29, 0.717) is 6.54 Å². The van der Waals surface area contributed by atoms with Gasteiger partial charge in [-0.3, -0.25) is 9.69 Å². The monoisotopic (exact) mass is 329 g/mol. The van der Waals surface area contributed by atoms with Gasteiger partial charge in [-0.05, 0) is 41.6 Å². The van der Waals surface area contributed by atoms with Gasteiger partial charge in [0.25, 0.3) is 5.91 Å². The lowest BCUT2D eigenvalue weighted by molar-refractivity contribution is 0.0887. The molecule has 4 nitrogen and oxygen atoms in total. The van der Waals surface area contributed by atoms with Gasteiger partial charge >= 0.3 is 0 Å². The average Bonchev–Trinajstić information content (AvgIpc) is 3.11. The van der Waals surface area contributed by atoms with Gasteiger partial charge in [0.2, 0.25) is 0 Å². The number of nitrogens with one attached hydrogen (secondary N) is 1. The van der Waals surface area contributed by atoms with Gasteiger partial charge in [0.1, 0.15) is 0 Å². The van der Waals surface area contributed by atoms with Gasteiger partial charge in [-0.15, -0.1) is 0 Å². The molecular weight excluding hydrogens is 306 g/mol. The molecule has 2 heterocycles. The van der Waals surface area contributed by atoms with Crippen LogP contribution in [-0.2, 0) is 0 Å². The Labute approximate surface area is 141 Å². The second kappa shape index (κ2) is 7.73. The Morgan fingerprint density at radius 1 is 1.17 bits per heavy atom. The van der Waals surface area contributed by atoms with Gasteiger partial charge in [0, 0.05) is 38.3 Å². The first-order valence-corrected chi connectivity index (χ1v) is 8.96. The lowest BCUT2D eigenvalue weighted by Gasteiger charge is -2.38. The zero-order valence-corrected chi connectivity index (χ0v) is 14.3. The number of benzene rings is 1. The minimum absolute atomic E-state index is 0.0000397. The van der Waals surface area contributed by atoms with Crippen LogP contribution >= 0.6 is 11.3 Å². The second-order valence-electron chi connectivity index (χ2n) is 5.99. The van der Waals surface area contributed by atoms with Gasteiger partial charge in [0.15, 0.2) is 0 Å². The summed E-state index contributed by atoms with van der Waals surface area (Å²) in [6.45, 7) is 4.88. The largest absolute Gasteiger partial charge is 0.350 e. The summed E-state index contributed by atoms with van der Waals surface area (Å²) in [5, 5.41) is 7.41. The summed E-state index contributed by atoms with van der Waals surface area (Å²) < 4.78 is 0. The molecule has 3 rings (SSSR count). The molecule has 1 saturated heterocycles. The van der Waals surface area contributed by atoms with E-state index in [0.717, 1.165) is 31.7 Å². The maximum atomic E-state index is 12.3. The zero-order valence-electron chi connectivity index (χ0n) is 13.4. The smallest absolute Gasteiger partial charge is 0.251 e. The minimum atomic E-state index is -0.0000397. The molecule has 1 aromatic heterocycles. The quantitative estimate of drug-likeness (QED) is 0.915. The normalized spacial score (nSPS) is 17.8. The van der Waals surface area contributed by atoms with Gasteiger partial charge < -0.3 is 10.2 Å². The minimum Gasteiger partial charge on any atom is -0.350 e. The van der Waals surface area contributed by atoms with Crippen LogP contribution in [0.25, 0.3) is 0 Å². The van der Waals surface area contributed by atoms with Crippen LogP contribution in [0.3, 0.4) is 0 Å². The van der Waals surface area contributed by atoms with Crippen molar-refractivity contribution < 1.29 is 4.79 Å². The summed E-state index contributed by atoms with van der Waals surface area (Å²) in [4.78, 5) is 17.1. The highest BCUT2D eigenvalue weighted by Gasteiger charge is 2.24. The van der Waals surface area contributed by atoms with Gasteiger partial charge in [-0.2, -0.15) is 11.3 Å². The molecule has 23 heavy (non-hydrogen) atoms. The molecule has 1 atom stereocenters. The highest BCUT2D eigenvalue weighted by molar-refractivity contribution is 7.07. The van der Waals surface area contributed by atoms with Gasteiger partial charge in [-0.1, -0.05) is 18.2 Å². The number of rotatable bonds is 5. The number of thiophene rings is 1. The highest BCUT2D eigenvalue weighted by atomic mass is 32.1. The first kappa shape index (κ1) is 16.2. The molecular formula is C18H23N3OS. The SMILES string of the molecule is CN1CCN([C@H](CNC(=O)c2ccccc2)c2ccsc2)CC1. The van der Waals surface area contributed by atoms with E-state index in [9.17, 15) is 4.79 Å². The maximum absolute atomic E-state index is 12.3. The van der Waals surface area contributed by atoms with Crippen LogP contribution in [0.1, 0.15) is 22.0 Å². The van der Waals surface area contributed by atoms with Crippen LogP contribution in [-0.4, -0.2) is 55.5 Å². The number of likely N-dealkylation sites (N-methyl/N-ethyl adjacent to an activating group) is 1. The van der Waals surface area contributed by atoms with E-state index in [4.69, 9.17) is 0 Å². The fourth-order valence-electron chi connectivity index (χ4n) is 2.94. The molecule has 1 aliphatic heterocycles. The summed E-state index contributed by atoms with van der Waals surface area (Å²) in [6, 6.07) is 11.8. The lowest BCUT2D eigenvalue weighted by atomic mass is 10.1. The van der Waals surface area contributed by atoms with Crippen LogP contribution in [0.5, 0.6) is 0 Å². The number of piperazine rings is 1. The molecule has 1 amide bonds. The molecule has 5 heteroatoms. The van der Waals surface area contributed by atoms with Crippen molar-refractivity contribution in [3.05, 3.63) is 58.3 Å². The fourth-order valence-corrected chi connectivity index (χ4v) is 3.64. The third-order valence-corrected chi connectivity index (χ3v) is 5.10. The molecule has 0 spiro atoms. The Kier molecular flexibility index (Phi) is 5.43. The Bertz CT molecular complexity index is 606. The Morgan fingerprint density at radius 3 is 2.57 bits per heavy atom. The third kappa shape index (κ3) is 4.19. The van der Waals surface area contributed by atoms with E-state index in [2.05, 4.69) is 39.0 Å². The van der Waals surface area contributed by atoms with Crippen molar-refractivity contribution in [3.63, 3.8) is 0 Å². The predicted molar refractivity (Wildman–Crippen MR) is 94.9 cm³/mol. The van der Waals surface area contributed by atoms with Crippen molar-refractivity contribution >= 4 is 17.2 Å². The molecule has 1 N–H and O–H groups in total. The number of nitrogens with zero attached hydrogens (tertiary/aromatic N) is 2. The molecule has 0 aliphatic carbocycles. The van der Waals surface area contributed by atoms with Crippen molar-refractivity contribution in [2.24, 2.45) is 0 Å². The van der Waals surface area contributed by atoms with E-state index in [1.165, 1.54) is 5.56 Å². The molecule has 122 valence electrons. The van der Waals surface area contributed by atoms with E-state index < -0.39 is 0 Å². The van der Waals surface area contributed by atoms with Crippen molar-refractivity contribution in [1.29, 1.82) is 0 Å². The van der Waals surface area contributed by atoms with Crippen LogP contribution < -0.4 is 5.32 Å². The summed E-state index contributed by atoms with van der Waals surface area (Å²) in [5.41, 5.74) is 2.02. The van der Waals surface area contributed by atoms with E-state index >= 15 is 0 Å². The number of hydrogen-bond acceptors (Lipinski definition) is 4. The first-order valence-electron chi connectivity index (χ1n) is 8.02. The van der Waals surface area contributed by atoms with Crippen LogP contribution in [0.2, 0.25) is 0 Å². The van der Waals surface area contributed by atoms with Gasteiger partial charge in [-0.25, -0.2) is 0 Å². The lowest BCUT2D eigenvalue weighted by Crippen LogP contribution is -2.48. The highest BCUT2D eigenvalue weighted by Crippen LogP contribution is 2.23. The summed E-state index contributed by atoms with van der Waals surface area (Å²) in [7, 11) is 2.16. The van der Waals surface area contributed by atoms with Crippen molar-refractivity contribution in [3.8, 4) is 0 Å². The molecule has 0 bridgehead atoms. The van der Waals surface area contributed by atoms with Crippen LogP contribution in [0, 0.1) is 0 Å². The third-order valence-electron chi connectivity index (χ3n) is 4.40. The number of amides is 1. The summed E-state index contributed by atoms with van der Waals surface area (Å²) in [5.74, 6) is -0.0000397. The second-order valence-corrected chi connectivity index (χ2v) is 6.77. The standard InChI is InChI=1S/C18H23N3OS/c1-20-8-10-21(11-9-20)17(16-7-12-23-14-16)13-19-18(22)15-5-3-2-4-6-15/h2-7,12,14,17H,8-11,13H2,1H3,(H,19,22)/t17-/m1/s1. The summed E-state index contributed by atoms with van der Waals surface area (Å²) >= 11 is 1.71. The molecule has 0 radical (unpaired) electrons. The summed E-state index contributed by atoms with van der Waals surface area (Å²) in [6.07, 6.45) is 0. The molecule has 0 saturated carbocycles. The van der Waals surface area contributed by atoms with Crippen molar-refractivity contribution in [2.45, 2.75) is 6.04 Å². The maximum Gasteiger partial charge on any atom is 0.251 e. The van der Waals surface area contributed by atoms with Crippen molar-refractivity contribution in [2.75, 3.05) is 39.8 Å². The molecule has 1 fully saturated rings. The van der Waals surface area contributed by atoms with Crippen LogP contribution in [0.15, 0.2) is 47.2 Å². The number of carbonyl (C=O) groups is 1. The van der Waals surface area contributed by atoms with E-state index in [-0.39, 0.29) is 11.9 Å². The zero-order chi connectivity index (χ0) is 16.1. The van der Waals surface area contributed by atoms with Gasteiger partial charge in [0.05, 0.1) is 6.04 Å².